The maximum atomic E-state index is 11.3. The summed E-state index contributed by atoms with van der Waals surface area (Å²) < 4.78 is 10.4. The van der Waals surface area contributed by atoms with Crippen LogP contribution in [0.2, 0.25) is 0 Å². The summed E-state index contributed by atoms with van der Waals surface area (Å²) in [5.74, 6) is -0.0947. The van der Waals surface area contributed by atoms with Crippen molar-refractivity contribution in [3.8, 4) is 0 Å². The van der Waals surface area contributed by atoms with Crippen LogP contribution in [0.5, 0.6) is 0 Å². The van der Waals surface area contributed by atoms with Crippen molar-refractivity contribution in [2.24, 2.45) is 5.73 Å². The predicted molar refractivity (Wildman–Crippen MR) is 49.7 cm³/mol. The molecule has 2 heterocycles. The van der Waals surface area contributed by atoms with Crippen molar-refractivity contribution in [2.45, 2.75) is 18.6 Å². The Labute approximate surface area is 83.1 Å². The van der Waals surface area contributed by atoms with Crippen LogP contribution in [0.1, 0.15) is 6.42 Å². The SMILES string of the molecule is NCC1CN(C2CCOC2=O)CCO1. The highest BCUT2D eigenvalue weighted by atomic mass is 16.5. The molecule has 5 heteroatoms. The molecule has 0 aromatic heterocycles. The van der Waals surface area contributed by atoms with Gasteiger partial charge in [0.15, 0.2) is 0 Å². The molecule has 0 bridgehead atoms. The molecule has 5 nitrogen and oxygen atoms in total. The number of morpholine rings is 1. The third-order valence-corrected chi connectivity index (χ3v) is 2.78. The van der Waals surface area contributed by atoms with Crippen LogP contribution in [0.25, 0.3) is 0 Å². The second kappa shape index (κ2) is 4.25. The lowest BCUT2D eigenvalue weighted by Gasteiger charge is -2.34. The Bertz CT molecular complexity index is 222. The summed E-state index contributed by atoms with van der Waals surface area (Å²) in [5.41, 5.74) is 5.53. The van der Waals surface area contributed by atoms with E-state index in [4.69, 9.17) is 15.2 Å². The van der Waals surface area contributed by atoms with Crippen LogP contribution in [0, 0.1) is 0 Å². The van der Waals surface area contributed by atoms with E-state index in [-0.39, 0.29) is 18.1 Å². The number of nitrogens with two attached hydrogens (primary N) is 1. The van der Waals surface area contributed by atoms with Gasteiger partial charge in [0.2, 0.25) is 0 Å². The Morgan fingerprint density at radius 1 is 1.50 bits per heavy atom. The van der Waals surface area contributed by atoms with Gasteiger partial charge in [-0.2, -0.15) is 0 Å². The molecule has 2 unspecified atom stereocenters. The Morgan fingerprint density at radius 2 is 2.36 bits per heavy atom. The maximum Gasteiger partial charge on any atom is 0.323 e. The number of hydrogen-bond acceptors (Lipinski definition) is 5. The number of esters is 1. The zero-order chi connectivity index (χ0) is 9.97. The van der Waals surface area contributed by atoms with Crippen LogP contribution in [-0.2, 0) is 14.3 Å². The first-order valence-corrected chi connectivity index (χ1v) is 5.03. The van der Waals surface area contributed by atoms with Gasteiger partial charge in [0, 0.05) is 26.1 Å². The zero-order valence-electron chi connectivity index (χ0n) is 8.15. The standard InChI is InChI=1S/C9H16N2O3/c10-5-7-6-11(2-4-13-7)8-1-3-14-9(8)12/h7-8H,1-6,10H2. The molecule has 2 fully saturated rings. The van der Waals surface area contributed by atoms with Crippen LogP contribution in [0.15, 0.2) is 0 Å². The highest BCUT2D eigenvalue weighted by molar-refractivity contribution is 5.77. The van der Waals surface area contributed by atoms with Crippen molar-refractivity contribution in [1.82, 2.24) is 4.90 Å². The predicted octanol–water partition coefficient (Wildman–Crippen LogP) is -1.04. The lowest BCUT2D eigenvalue weighted by Crippen LogP contribution is -2.51. The van der Waals surface area contributed by atoms with Crippen LogP contribution in [0.3, 0.4) is 0 Å². The van der Waals surface area contributed by atoms with E-state index in [9.17, 15) is 4.79 Å². The van der Waals surface area contributed by atoms with E-state index in [0.29, 0.717) is 19.8 Å². The van der Waals surface area contributed by atoms with E-state index in [1.165, 1.54) is 0 Å². The van der Waals surface area contributed by atoms with Gasteiger partial charge < -0.3 is 15.2 Å². The molecule has 0 radical (unpaired) electrons. The largest absolute Gasteiger partial charge is 0.464 e. The quantitative estimate of drug-likeness (QED) is 0.577. The summed E-state index contributed by atoms with van der Waals surface area (Å²) in [6.07, 6.45) is 0.869. The minimum absolute atomic E-state index is 0.0621. The van der Waals surface area contributed by atoms with Crippen molar-refractivity contribution in [1.29, 1.82) is 0 Å². The van der Waals surface area contributed by atoms with Gasteiger partial charge >= 0.3 is 5.97 Å². The van der Waals surface area contributed by atoms with Gasteiger partial charge in [-0.1, -0.05) is 0 Å². The van der Waals surface area contributed by atoms with Gasteiger partial charge in [0.05, 0.1) is 19.3 Å². The number of hydrogen-bond donors (Lipinski definition) is 1. The lowest BCUT2D eigenvalue weighted by atomic mass is 10.1. The van der Waals surface area contributed by atoms with Crippen molar-refractivity contribution < 1.29 is 14.3 Å². The second-order valence-corrected chi connectivity index (χ2v) is 3.70. The van der Waals surface area contributed by atoms with Crippen molar-refractivity contribution >= 4 is 5.97 Å². The molecule has 2 aliphatic rings. The van der Waals surface area contributed by atoms with Gasteiger partial charge in [-0.25, -0.2) is 0 Å². The third-order valence-electron chi connectivity index (χ3n) is 2.78. The van der Waals surface area contributed by atoms with E-state index in [2.05, 4.69) is 4.90 Å². The lowest BCUT2D eigenvalue weighted by molar-refractivity contribution is -0.144. The first-order chi connectivity index (χ1) is 6.81. The van der Waals surface area contributed by atoms with Gasteiger partial charge in [0.25, 0.3) is 0 Å². The minimum atomic E-state index is -0.0947. The molecular weight excluding hydrogens is 184 g/mol. The molecule has 2 rings (SSSR count). The minimum Gasteiger partial charge on any atom is -0.464 e. The fourth-order valence-electron chi connectivity index (χ4n) is 1.98. The number of carbonyl (C=O) groups is 1. The Balaban J connectivity index is 1.93. The number of cyclic esters (lactones) is 1. The monoisotopic (exact) mass is 200 g/mol. The molecule has 0 spiro atoms. The van der Waals surface area contributed by atoms with E-state index in [1.54, 1.807) is 0 Å². The first-order valence-electron chi connectivity index (χ1n) is 5.03. The van der Waals surface area contributed by atoms with Gasteiger partial charge in [-0.15, -0.1) is 0 Å². The van der Waals surface area contributed by atoms with E-state index in [0.717, 1.165) is 19.5 Å². The fraction of sp³-hybridized carbons (Fsp3) is 0.889. The summed E-state index contributed by atoms with van der Waals surface area (Å²) in [6.45, 7) is 3.27. The molecule has 2 aliphatic heterocycles. The topological polar surface area (TPSA) is 64.8 Å². The molecule has 0 amide bonds. The fourth-order valence-corrected chi connectivity index (χ4v) is 1.98. The average Bonchev–Trinajstić information content (AvgIpc) is 2.65. The first kappa shape index (κ1) is 9.89. The Kier molecular flexibility index (Phi) is 3.00. The number of nitrogens with zero attached hydrogens (tertiary/aromatic N) is 1. The molecule has 0 aromatic carbocycles. The van der Waals surface area contributed by atoms with Gasteiger partial charge in [-0.05, 0) is 0 Å². The second-order valence-electron chi connectivity index (χ2n) is 3.70. The van der Waals surface area contributed by atoms with Crippen molar-refractivity contribution in [3.05, 3.63) is 0 Å². The molecule has 0 aliphatic carbocycles. The molecular formula is C9H16N2O3. The van der Waals surface area contributed by atoms with E-state index < -0.39 is 0 Å². The highest BCUT2D eigenvalue weighted by Crippen LogP contribution is 2.17. The summed E-state index contributed by atoms with van der Waals surface area (Å²) in [7, 11) is 0. The van der Waals surface area contributed by atoms with Gasteiger partial charge in [-0.3, -0.25) is 9.69 Å². The van der Waals surface area contributed by atoms with Crippen LogP contribution >= 0.6 is 0 Å². The Hall–Kier alpha value is -0.650. The zero-order valence-corrected chi connectivity index (χ0v) is 8.15. The summed E-state index contributed by atoms with van der Waals surface area (Å²) >= 11 is 0. The van der Waals surface area contributed by atoms with E-state index >= 15 is 0 Å². The molecule has 14 heavy (non-hydrogen) atoms. The number of rotatable bonds is 2. The van der Waals surface area contributed by atoms with Crippen molar-refractivity contribution in [3.63, 3.8) is 0 Å². The summed E-state index contributed by atoms with van der Waals surface area (Å²) in [6, 6.07) is -0.0621. The van der Waals surface area contributed by atoms with Crippen LogP contribution in [0.4, 0.5) is 0 Å². The smallest absolute Gasteiger partial charge is 0.323 e. The molecule has 0 saturated carbocycles. The summed E-state index contributed by atoms with van der Waals surface area (Å²) in [5, 5.41) is 0. The van der Waals surface area contributed by atoms with Crippen molar-refractivity contribution in [2.75, 3.05) is 32.8 Å². The number of ether oxygens (including phenoxy) is 2. The van der Waals surface area contributed by atoms with Gasteiger partial charge in [0.1, 0.15) is 6.04 Å². The molecule has 2 atom stereocenters. The normalized spacial score (nSPS) is 34.5. The highest BCUT2D eigenvalue weighted by Gasteiger charge is 2.34. The summed E-state index contributed by atoms with van der Waals surface area (Å²) in [4.78, 5) is 13.5. The molecule has 2 N–H and O–H groups in total. The molecule has 2 saturated heterocycles. The molecule has 0 aromatic rings. The van der Waals surface area contributed by atoms with Crippen LogP contribution in [-0.4, -0.2) is 55.9 Å². The maximum absolute atomic E-state index is 11.3. The molecule has 80 valence electrons. The van der Waals surface area contributed by atoms with Crippen LogP contribution < -0.4 is 5.73 Å². The van der Waals surface area contributed by atoms with E-state index in [1.807, 2.05) is 0 Å². The Morgan fingerprint density at radius 3 is 3.00 bits per heavy atom. The average molecular weight is 200 g/mol. The number of carbonyl (C=O) groups excluding carboxylic acids is 1. The third kappa shape index (κ3) is 1.89.